The Morgan fingerprint density at radius 1 is 1.16 bits per heavy atom. The third-order valence-corrected chi connectivity index (χ3v) is 2.59. The minimum atomic E-state index is -0.532. The van der Waals surface area contributed by atoms with Crippen molar-refractivity contribution < 1.29 is 14.3 Å². The molecule has 0 atom stereocenters. The Morgan fingerprint density at radius 3 is 2.68 bits per heavy atom. The van der Waals surface area contributed by atoms with Crippen molar-refractivity contribution in [3.05, 3.63) is 53.6 Å². The molecule has 0 saturated heterocycles. The van der Waals surface area contributed by atoms with Gasteiger partial charge in [-0.25, -0.2) is 4.79 Å². The van der Waals surface area contributed by atoms with E-state index in [9.17, 15) is 4.79 Å². The van der Waals surface area contributed by atoms with E-state index >= 15 is 0 Å². The summed E-state index contributed by atoms with van der Waals surface area (Å²) in [6.45, 7) is -0.214. The molecule has 2 rings (SSSR count). The molecule has 19 heavy (non-hydrogen) atoms. The second-order valence-electron chi connectivity index (χ2n) is 3.77. The number of esters is 1. The zero-order valence-electron chi connectivity index (χ0n) is 10.0. The highest BCUT2D eigenvalue weighted by molar-refractivity contribution is 6.32. The largest absolute Gasteiger partial charge is 0.482 e. The van der Waals surface area contributed by atoms with Gasteiger partial charge < -0.3 is 15.2 Å². The molecule has 0 saturated carbocycles. The first-order valence-electron chi connectivity index (χ1n) is 5.59. The summed E-state index contributed by atoms with van der Waals surface area (Å²) in [5.41, 5.74) is 6.16. The fraction of sp³-hybridized carbons (Fsp3) is 0.0714. The molecule has 0 unspecified atom stereocenters. The summed E-state index contributed by atoms with van der Waals surface area (Å²) in [7, 11) is 0. The van der Waals surface area contributed by atoms with Crippen molar-refractivity contribution in [2.45, 2.75) is 0 Å². The van der Waals surface area contributed by atoms with E-state index < -0.39 is 5.97 Å². The highest BCUT2D eigenvalue weighted by atomic mass is 35.5. The summed E-state index contributed by atoms with van der Waals surface area (Å²) in [5.74, 6) is 0.289. The molecule has 0 heterocycles. The third-order valence-electron chi connectivity index (χ3n) is 2.28. The number of benzene rings is 2. The number of nitrogen functional groups attached to an aromatic ring is 1. The van der Waals surface area contributed by atoms with Gasteiger partial charge in [-0.05, 0) is 24.3 Å². The van der Waals surface area contributed by atoms with E-state index in [1.165, 1.54) is 0 Å². The van der Waals surface area contributed by atoms with Gasteiger partial charge >= 0.3 is 5.97 Å². The number of carbonyl (C=O) groups excluding carboxylic acids is 1. The lowest BCUT2D eigenvalue weighted by atomic mass is 10.3. The molecular weight excluding hydrogens is 266 g/mol. The first kappa shape index (κ1) is 13.2. The van der Waals surface area contributed by atoms with Crippen molar-refractivity contribution in [1.82, 2.24) is 0 Å². The van der Waals surface area contributed by atoms with E-state index in [4.69, 9.17) is 26.8 Å². The number of anilines is 1. The van der Waals surface area contributed by atoms with Crippen LogP contribution in [-0.4, -0.2) is 12.6 Å². The van der Waals surface area contributed by atoms with Gasteiger partial charge in [0, 0.05) is 11.8 Å². The molecule has 0 spiro atoms. The average molecular weight is 278 g/mol. The number of carbonyl (C=O) groups is 1. The van der Waals surface area contributed by atoms with E-state index in [1.807, 2.05) is 0 Å². The lowest BCUT2D eigenvalue weighted by Crippen LogP contribution is -2.17. The molecule has 2 aromatic rings. The van der Waals surface area contributed by atoms with E-state index in [2.05, 4.69) is 0 Å². The van der Waals surface area contributed by atoms with E-state index in [0.29, 0.717) is 22.2 Å². The molecular formula is C14H12ClNO3. The summed E-state index contributed by atoms with van der Waals surface area (Å²) in [6, 6.07) is 13.5. The van der Waals surface area contributed by atoms with Gasteiger partial charge in [0.2, 0.25) is 0 Å². The van der Waals surface area contributed by atoms with E-state index in [0.717, 1.165) is 0 Å². The summed E-state index contributed by atoms with van der Waals surface area (Å²) in [4.78, 5) is 11.6. The van der Waals surface area contributed by atoms with Gasteiger partial charge in [-0.3, -0.25) is 0 Å². The van der Waals surface area contributed by atoms with Gasteiger partial charge in [0.25, 0.3) is 0 Å². The number of rotatable bonds is 4. The molecule has 2 aromatic carbocycles. The van der Waals surface area contributed by atoms with Crippen LogP contribution < -0.4 is 15.2 Å². The molecule has 4 nitrogen and oxygen atoms in total. The van der Waals surface area contributed by atoms with Crippen LogP contribution >= 0.6 is 11.6 Å². The molecule has 0 aromatic heterocycles. The second-order valence-corrected chi connectivity index (χ2v) is 4.17. The van der Waals surface area contributed by atoms with Gasteiger partial charge in [-0.2, -0.15) is 0 Å². The van der Waals surface area contributed by atoms with Crippen molar-refractivity contribution in [3.8, 4) is 11.5 Å². The van der Waals surface area contributed by atoms with Crippen molar-refractivity contribution in [1.29, 1.82) is 0 Å². The third kappa shape index (κ3) is 3.89. The summed E-state index contributed by atoms with van der Waals surface area (Å²) in [5, 5.41) is 0.375. The number of ether oxygens (including phenoxy) is 2. The van der Waals surface area contributed by atoms with E-state index in [1.54, 1.807) is 48.5 Å². The molecule has 98 valence electrons. The van der Waals surface area contributed by atoms with Crippen LogP contribution in [0.1, 0.15) is 0 Å². The van der Waals surface area contributed by atoms with Crippen LogP contribution in [0.3, 0.4) is 0 Å². The van der Waals surface area contributed by atoms with Crippen molar-refractivity contribution in [2.24, 2.45) is 0 Å². The fourth-order valence-corrected chi connectivity index (χ4v) is 1.60. The fourth-order valence-electron chi connectivity index (χ4n) is 1.43. The Kier molecular flexibility index (Phi) is 4.26. The molecule has 2 N–H and O–H groups in total. The first-order valence-corrected chi connectivity index (χ1v) is 5.96. The van der Waals surface area contributed by atoms with Crippen LogP contribution in [0.15, 0.2) is 48.5 Å². The molecule has 5 heteroatoms. The van der Waals surface area contributed by atoms with Gasteiger partial charge in [0.05, 0.1) is 5.02 Å². The van der Waals surface area contributed by atoms with Crippen molar-refractivity contribution >= 4 is 23.3 Å². The van der Waals surface area contributed by atoms with Crippen LogP contribution in [0, 0.1) is 0 Å². The zero-order chi connectivity index (χ0) is 13.7. The molecule has 0 aliphatic carbocycles. The second kappa shape index (κ2) is 6.11. The van der Waals surface area contributed by atoms with Crippen LogP contribution in [0.4, 0.5) is 5.69 Å². The lowest BCUT2D eigenvalue weighted by molar-refractivity contribution is -0.136. The topological polar surface area (TPSA) is 61.5 Å². The number of halogens is 1. The average Bonchev–Trinajstić information content (AvgIpc) is 2.39. The number of hydrogen-bond donors (Lipinski definition) is 1. The Hall–Kier alpha value is -2.20. The van der Waals surface area contributed by atoms with E-state index in [-0.39, 0.29) is 6.61 Å². The van der Waals surface area contributed by atoms with Gasteiger partial charge in [0.15, 0.2) is 6.61 Å². The minimum absolute atomic E-state index is 0.214. The summed E-state index contributed by atoms with van der Waals surface area (Å²) >= 11 is 5.87. The Labute approximate surface area is 115 Å². The molecule has 0 aliphatic heterocycles. The number of hydrogen-bond acceptors (Lipinski definition) is 4. The summed E-state index contributed by atoms with van der Waals surface area (Å²) in [6.07, 6.45) is 0. The Morgan fingerprint density at radius 2 is 1.95 bits per heavy atom. The normalized spacial score (nSPS) is 9.95. The highest BCUT2D eigenvalue weighted by Crippen LogP contribution is 2.23. The minimum Gasteiger partial charge on any atom is -0.482 e. The Bertz CT molecular complexity index is 586. The number of para-hydroxylation sites is 1. The van der Waals surface area contributed by atoms with Crippen LogP contribution in [-0.2, 0) is 4.79 Å². The molecule has 0 bridgehead atoms. The van der Waals surface area contributed by atoms with Crippen molar-refractivity contribution in [3.63, 3.8) is 0 Å². The summed E-state index contributed by atoms with van der Waals surface area (Å²) < 4.78 is 10.3. The Balaban J connectivity index is 1.90. The van der Waals surface area contributed by atoms with Gasteiger partial charge in [0.1, 0.15) is 11.5 Å². The van der Waals surface area contributed by atoms with Crippen LogP contribution in [0.5, 0.6) is 11.5 Å². The molecule has 0 amide bonds. The predicted molar refractivity (Wildman–Crippen MR) is 73.4 cm³/mol. The maximum atomic E-state index is 11.6. The predicted octanol–water partition coefficient (Wildman–Crippen LogP) is 2.91. The zero-order valence-corrected chi connectivity index (χ0v) is 10.8. The van der Waals surface area contributed by atoms with Gasteiger partial charge in [-0.15, -0.1) is 0 Å². The standard InChI is InChI=1S/C14H12ClNO3/c15-12-6-1-2-7-13(12)19-14(17)9-18-11-5-3-4-10(16)8-11/h1-8H,9,16H2. The SMILES string of the molecule is Nc1cccc(OCC(=O)Oc2ccccc2Cl)c1. The quantitative estimate of drug-likeness (QED) is 0.530. The maximum Gasteiger partial charge on any atom is 0.349 e. The van der Waals surface area contributed by atoms with Crippen LogP contribution in [0.25, 0.3) is 0 Å². The highest BCUT2D eigenvalue weighted by Gasteiger charge is 2.08. The molecule has 0 fully saturated rings. The molecule has 0 radical (unpaired) electrons. The van der Waals surface area contributed by atoms with Gasteiger partial charge in [-0.1, -0.05) is 29.8 Å². The first-order chi connectivity index (χ1) is 9.15. The van der Waals surface area contributed by atoms with Crippen LogP contribution in [0.2, 0.25) is 5.02 Å². The van der Waals surface area contributed by atoms with Crippen molar-refractivity contribution in [2.75, 3.05) is 12.3 Å². The smallest absolute Gasteiger partial charge is 0.349 e. The number of nitrogens with two attached hydrogens (primary N) is 1. The maximum absolute atomic E-state index is 11.6. The molecule has 0 aliphatic rings. The lowest BCUT2D eigenvalue weighted by Gasteiger charge is -2.08. The monoisotopic (exact) mass is 277 g/mol.